The van der Waals surface area contributed by atoms with E-state index in [1.165, 1.54) is 24.1 Å². The fourth-order valence-corrected chi connectivity index (χ4v) is 1.28. The second kappa shape index (κ2) is 6.35. The molecular weight excluding hydrogens is 253 g/mol. The summed E-state index contributed by atoms with van der Waals surface area (Å²) in [7, 11) is 1.47. The molecule has 19 heavy (non-hydrogen) atoms. The Labute approximate surface area is 109 Å². The molecule has 0 saturated carbocycles. The first kappa shape index (κ1) is 14.4. The number of anilines is 1. The molecule has 7 heteroatoms. The van der Waals surface area contributed by atoms with Crippen LogP contribution in [0.2, 0.25) is 0 Å². The van der Waals surface area contributed by atoms with Crippen LogP contribution in [0.3, 0.4) is 0 Å². The summed E-state index contributed by atoms with van der Waals surface area (Å²) in [6.07, 6.45) is 0.171. The molecule has 1 aromatic rings. The second-order valence-corrected chi connectivity index (χ2v) is 3.76. The number of carbonyl (C=O) groups excluding carboxylic acids is 1. The van der Waals surface area contributed by atoms with Crippen molar-refractivity contribution in [1.29, 1.82) is 5.26 Å². The van der Waals surface area contributed by atoms with Gasteiger partial charge in [0.2, 0.25) is 0 Å². The molecule has 0 saturated heterocycles. The molecular formula is C12H12FN3O3. The molecule has 0 atom stereocenters. The standard InChI is InChI=1S/C12H12FN3O3/c1-16(6-2-5-14)12(19)15-10-4-3-8(11(17)18)7-9(10)13/h3-4,7H,2,6H2,1H3,(H,15,19)(H,17,18). The van der Waals surface area contributed by atoms with Crippen LogP contribution in [-0.2, 0) is 0 Å². The van der Waals surface area contributed by atoms with E-state index in [0.29, 0.717) is 0 Å². The van der Waals surface area contributed by atoms with Crippen molar-refractivity contribution in [1.82, 2.24) is 4.90 Å². The minimum atomic E-state index is -1.25. The number of aromatic carboxylic acids is 1. The van der Waals surface area contributed by atoms with Crippen molar-refractivity contribution in [3.05, 3.63) is 29.6 Å². The van der Waals surface area contributed by atoms with Crippen molar-refractivity contribution in [2.75, 3.05) is 18.9 Å². The second-order valence-electron chi connectivity index (χ2n) is 3.76. The van der Waals surface area contributed by atoms with Crippen LogP contribution in [0.25, 0.3) is 0 Å². The minimum absolute atomic E-state index is 0.112. The van der Waals surface area contributed by atoms with E-state index in [1.807, 2.05) is 6.07 Å². The topological polar surface area (TPSA) is 93.4 Å². The normalized spacial score (nSPS) is 9.53. The lowest BCUT2D eigenvalue weighted by Gasteiger charge is -2.16. The summed E-state index contributed by atoms with van der Waals surface area (Å²) >= 11 is 0. The summed E-state index contributed by atoms with van der Waals surface area (Å²) in [5.41, 5.74) is -0.313. The van der Waals surface area contributed by atoms with Crippen LogP contribution >= 0.6 is 0 Å². The summed E-state index contributed by atoms with van der Waals surface area (Å²) < 4.78 is 13.5. The molecule has 2 N–H and O–H groups in total. The number of halogens is 1. The quantitative estimate of drug-likeness (QED) is 0.869. The van der Waals surface area contributed by atoms with Crippen molar-refractivity contribution in [2.45, 2.75) is 6.42 Å². The molecule has 0 aromatic heterocycles. The molecule has 6 nitrogen and oxygen atoms in total. The highest BCUT2D eigenvalue weighted by molar-refractivity contribution is 5.91. The van der Waals surface area contributed by atoms with E-state index in [4.69, 9.17) is 10.4 Å². The van der Waals surface area contributed by atoms with E-state index >= 15 is 0 Å². The Bertz CT molecular complexity index is 540. The Morgan fingerprint density at radius 3 is 2.74 bits per heavy atom. The average molecular weight is 265 g/mol. The number of amides is 2. The number of nitrogens with one attached hydrogen (secondary N) is 1. The Kier molecular flexibility index (Phi) is 4.83. The fourth-order valence-electron chi connectivity index (χ4n) is 1.28. The Balaban J connectivity index is 2.75. The van der Waals surface area contributed by atoms with Gasteiger partial charge in [0.15, 0.2) is 0 Å². The molecule has 0 aliphatic carbocycles. The third-order valence-electron chi connectivity index (χ3n) is 2.36. The van der Waals surface area contributed by atoms with Crippen LogP contribution < -0.4 is 5.32 Å². The molecule has 2 amide bonds. The highest BCUT2D eigenvalue weighted by Crippen LogP contribution is 2.16. The summed E-state index contributed by atoms with van der Waals surface area (Å²) in [5, 5.41) is 19.4. The van der Waals surface area contributed by atoms with Gasteiger partial charge in [-0.1, -0.05) is 0 Å². The number of nitriles is 1. The van der Waals surface area contributed by atoms with Crippen LogP contribution in [-0.4, -0.2) is 35.6 Å². The lowest BCUT2D eigenvalue weighted by atomic mass is 10.2. The number of hydrogen-bond donors (Lipinski definition) is 2. The third-order valence-corrected chi connectivity index (χ3v) is 2.36. The van der Waals surface area contributed by atoms with E-state index in [1.54, 1.807) is 0 Å². The first-order valence-electron chi connectivity index (χ1n) is 5.37. The zero-order chi connectivity index (χ0) is 14.4. The molecule has 0 unspecified atom stereocenters. The molecule has 0 radical (unpaired) electrons. The highest BCUT2D eigenvalue weighted by Gasteiger charge is 2.13. The maximum atomic E-state index is 13.5. The predicted octanol–water partition coefficient (Wildman–Crippen LogP) is 1.90. The van der Waals surface area contributed by atoms with Gasteiger partial charge in [-0.2, -0.15) is 5.26 Å². The molecule has 1 rings (SSSR count). The fraction of sp³-hybridized carbons (Fsp3) is 0.250. The van der Waals surface area contributed by atoms with Gasteiger partial charge in [0, 0.05) is 13.6 Å². The SMILES string of the molecule is CN(CCC#N)C(=O)Nc1ccc(C(=O)O)cc1F. The van der Waals surface area contributed by atoms with Crippen molar-refractivity contribution in [2.24, 2.45) is 0 Å². The van der Waals surface area contributed by atoms with Gasteiger partial charge < -0.3 is 15.3 Å². The van der Waals surface area contributed by atoms with E-state index in [-0.39, 0.29) is 24.2 Å². The van der Waals surface area contributed by atoms with Crippen LogP contribution in [0.1, 0.15) is 16.8 Å². The number of rotatable bonds is 4. The summed E-state index contributed by atoms with van der Waals surface area (Å²) in [5.74, 6) is -2.08. The largest absolute Gasteiger partial charge is 0.478 e. The van der Waals surface area contributed by atoms with E-state index in [0.717, 1.165) is 6.07 Å². The van der Waals surface area contributed by atoms with Crippen molar-refractivity contribution < 1.29 is 19.1 Å². The molecule has 1 aromatic carbocycles. The van der Waals surface area contributed by atoms with Crippen LogP contribution in [0.15, 0.2) is 18.2 Å². The van der Waals surface area contributed by atoms with Crippen LogP contribution in [0.5, 0.6) is 0 Å². The first-order chi connectivity index (χ1) is 8.95. The van der Waals surface area contributed by atoms with Gasteiger partial charge in [0.05, 0.1) is 23.7 Å². The van der Waals surface area contributed by atoms with Gasteiger partial charge in [-0.25, -0.2) is 14.0 Å². The molecule has 0 fully saturated rings. The number of urea groups is 1. The molecule has 0 aliphatic heterocycles. The summed E-state index contributed by atoms with van der Waals surface area (Å²) in [6, 6.07) is 4.51. The van der Waals surface area contributed by atoms with Gasteiger partial charge in [0.25, 0.3) is 0 Å². The van der Waals surface area contributed by atoms with Gasteiger partial charge in [-0.3, -0.25) is 0 Å². The zero-order valence-corrected chi connectivity index (χ0v) is 10.2. The molecule has 100 valence electrons. The van der Waals surface area contributed by atoms with Crippen molar-refractivity contribution in [3.63, 3.8) is 0 Å². The number of benzene rings is 1. The molecule has 0 heterocycles. The van der Waals surface area contributed by atoms with Gasteiger partial charge >= 0.3 is 12.0 Å². The Morgan fingerprint density at radius 2 is 2.21 bits per heavy atom. The molecule has 0 spiro atoms. The van der Waals surface area contributed by atoms with E-state index in [2.05, 4.69) is 5.32 Å². The lowest BCUT2D eigenvalue weighted by Crippen LogP contribution is -2.32. The molecule has 0 aliphatic rings. The Hall–Kier alpha value is -2.62. The smallest absolute Gasteiger partial charge is 0.335 e. The number of carboxylic acids is 1. The maximum absolute atomic E-state index is 13.5. The third kappa shape index (κ3) is 3.96. The lowest BCUT2D eigenvalue weighted by molar-refractivity contribution is 0.0696. The predicted molar refractivity (Wildman–Crippen MR) is 65.2 cm³/mol. The minimum Gasteiger partial charge on any atom is -0.478 e. The first-order valence-corrected chi connectivity index (χ1v) is 5.37. The van der Waals surface area contributed by atoms with E-state index < -0.39 is 17.8 Å². The van der Waals surface area contributed by atoms with Gasteiger partial charge in [0.1, 0.15) is 5.82 Å². The van der Waals surface area contributed by atoms with E-state index in [9.17, 15) is 14.0 Å². The van der Waals surface area contributed by atoms with Crippen molar-refractivity contribution in [3.8, 4) is 6.07 Å². The zero-order valence-electron chi connectivity index (χ0n) is 10.2. The molecule has 0 bridgehead atoms. The Morgan fingerprint density at radius 1 is 1.53 bits per heavy atom. The van der Waals surface area contributed by atoms with Gasteiger partial charge in [-0.15, -0.1) is 0 Å². The number of carbonyl (C=O) groups is 2. The average Bonchev–Trinajstić information content (AvgIpc) is 2.37. The maximum Gasteiger partial charge on any atom is 0.335 e. The highest BCUT2D eigenvalue weighted by atomic mass is 19.1. The monoisotopic (exact) mass is 265 g/mol. The summed E-state index contributed by atoms with van der Waals surface area (Å²) in [6.45, 7) is 0.219. The van der Waals surface area contributed by atoms with Crippen LogP contribution in [0.4, 0.5) is 14.9 Å². The number of carboxylic acid groups (broad SMARTS) is 1. The van der Waals surface area contributed by atoms with Crippen LogP contribution in [0, 0.1) is 17.1 Å². The van der Waals surface area contributed by atoms with Crippen molar-refractivity contribution >= 4 is 17.7 Å². The number of nitrogens with zero attached hydrogens (tertiary/aromatic N) is 2. The number of hydrogen-bond acceptors (Lipinski definition) is 3. The summed E-state index contributed by atoms with van der Waals surface area (Å²) in [4.78, 5) is 23.5. The van der Waals surface area contributed by atoms with Gasteiger partial charge in [-0.05, 0) is 18.2 Å².